The Balaban J connectivity index is 1.75. The van der Waals surface area contributed by atoms with Crippen molar-refractivity contribution in [3.05, 3.63) is 60.1 Å². The largest absolute Gasteiger partial charge is 0.466 e. The number of thiocarbonyl (C=S) groups is 1. The Hall–Kier alpha value is -1.99. The number of nitrogens with zero attached hydrogens (tertiary/aromatic N) is 1. The van der Waals surface area contributed by atoms with Crippen molar-refractivity contribution in [3.8, 4) is 0 Å². The number of esters is 1. The molecule has 2 heterocycles. The average molecular weight is 377 g/mol. The molecule has 5 nitrogen and oxygen atoms in total. The Labute approximate surface area is 156 Å². The van der Waals surface area contributed by atoms with Crippen LogP contribution in [0.2, 0.25) is 0 Å². The van der Waals surface area contributed by atoms with Crippen molar-refractivity contribution in [3.63, 3.8) is 0 Å². The summed E-state index contributed by atoms with van der Waals surface area (Å²) in [5.74, 6) is 1.13. The van der Waals surface area contributed by atoms with Gasteiger partial charge in [0.25, 0.3) is 0 Å². The molecule has 0 spiro atoms. The van der Waals surface area contributed by atoms with E-state index in [0.29, 0.717) is 24.0 Å². The van der Waals surface area contributed by atoms with Crippen LogP contribution >= 0.6 is 24.0 Å². The van der Waals surface area contributed by atoms with Crippen molar-refractivity contribution in [2.75, 3.05) is 12.4 Å². The summed E-state index contributed by atoms with van der Waals surface area (Å²) in [6.45, 7) is 2.76. The van der Waals surface area contributed by atoms with Gasteiger partial charge in [-0.2, -0.15) is 0 Å². The maximum Gasteiger partial charge on any atom is 0.329 e. The number of carbonyl (C=O) groups is 1. The fraction of sp³-hybridized carbons (Fsp3) is 0.333. The summed E-state index contributed by atoms with van der Waals surface area (Å²) in [6, 6.07) is 13.3. The molecule has 1 fully saturated rings. The van der Waals surface area contributed by atoms with Crippen molar-refractivity contribution in [1.29, 1.82) is 0 Å². The van der Waals surface area contributed by atoms with Gasteiger partial charge >= 0.3 is 5.97 Å². The third-order valence-corrected chi connectivity index (χ3v) is 5.51. The number of benzene rings is 1. The second-order valence-electron chi connectivity index (χ2n) is 5.52. The molecular formula is C18H20N2O3S2. The molecule has 1 N–H and O–H groups in total. The molecule has 132 valence electrons. The van der Waals surface area contributed by atoms with Crippen molar-refractivity contribution in [1.82, 2.24) is 10.2 Å². The van der Waals surface area contributed by atoms with Gasteiger partial charge in [-0.3, -0.25) is 0 Å². The van der Waals surface area contributed by atoms with Crippen LogP contribution in [0.25, 0.3) is 0 Å². The van der Waals surface area contributed by atoms with E-state index >= 15 is 0 Å². The first-order valence-electron chi connectivity index (χ1n) is 8.12. The SMILES string of the molecule is CCOC(=O)[C@H]1CS[C@@H](c2ccco2)N1C(=S)NCc1ccccc1. The standard InChI is InChI=1S/C18H20N2O3S2/c1-2-22-17(21)14-12-25-16(15-9-6-10-23-15)20(14)18(24)19-11-13-7-4-3-5-8-13/h3-10,14,16H,2,11-12H2,1H3,(H,19,24)/t14-,16+/m1/s1. The molecule has 0 bridgehead atoms. The molecule has 1 aromatic carbocycles. The molecule has 0 radical (unpaired) electrons. The molecule has 7 heteroatoms. The third-order valence-electron chi connectivity index (χ3n) is 3.87. The summed E-state index contributed by atoms with van der Waals surface area (Å²) >= 11 is 7.22. The molecule has 1 aliphatic heterocycles. The molecule has 1 saturated heterocycles. The zero-order chi connectivity index (χ0) is 17.6. The highest BCUT2D eigenvalue weighted by atomic mass is 32.2. The predicted molar refractivity (Wildman–Crippen MR) is 102 cm³/mol. The lowest BCUT2D eigenvalue weighted by atomic mass is 10.2. The van der Waals surface area contributed by atoms with E-state index in [4.69, 9.17) is 21.4 Å². The van der Waals surface area contributed by atoms with Gasteiger partial charge in [-0.25, -0.2) is 4.79 Å². The number of rotatable bonds is 5. The van der Waals surface area contributed by atoms with E-state index in [1.165, 1.54) is 0 Å². The lowest BCUT2D eigenvalue weighted by Gasteiger charge is -2.29. The summed E-state index contributed by atoms with van der Waals surface area (Å²) in [4.78, 5) is 14.2. The van der Waals surface area contributed by atoms with Gasteiger partial charge in [-0.1, -0.05) is 30.3 Å². The summed E-state index contributed by atoms with van der Waals surface area (Å²) < 4.78 is 10.8. The van der Waals surface area contributed by atoms with Gasteiger partial charge in [-0.05, 0) is 36.8 Å². The Kier molecular flexibility index (Phi) is 5.99. The lowest BCUT2D eigenvalue weighted by molar-refractivity contribution is -0.147. The minimum Gasteiger partial charge on any atom is -0.466 e. The van der Waals surface area contributed by atoms with Crippen LogP contribution in [0.1, 0.15) is 23.6 Å². The highest BCUT2D eigenvalue weighted by molar-refractivity contribution is 7.99. The number of hydrogen-bond acceptors (Lipinski definition) is 5. The Bertz CT molecular complexity index is 706. The van der Waals surface area contributed by atoms with Crippen LogP contribution in [0.3, 0.4) is 0 Å². The summed E-state index contributed by atoms with van der Waals surface area (Å²) in [7, 11) is 0. The van der Waals surface area contributed by atoms with Crippen molar-refractivity contribution in [2.24, 2.45) is 0 Å². The lowest BCUT2D eigenvalue weighted by Crippen LogP contribution is -2.48. The number of carbonyl (C=O) groups excluding carboxylic acids is 1. The summed E-state index contributed by atoms with van der Waals surface area (Å²) in [5.41, 5.74) is 1.12. The molecule has 1 aromatic heterocycles. The monoisotopic (exact) mass is 376 g/mol. The van der Waals surface area contributed by atoms with Crippen molar-refractivity contribution < 1.29 is 13.9 Å². The Morgan fingerprint density at radius 1 is 1.36 bits per heavy atom. The van der Waals surface area contributed by atoms with Gasteiger partial charge in [0, 0.05) is 12.3 Å². The summed E-state index contributed by atoms with van der Waals surface area (Å²) in [6.07, 6.45) is 1.63. The normalized spacial score (nSPS) is 19.6. The fourth-order valence-corrected chi connectivity index (χ4v) is 4.43. The van der Waals surface area contributed by atoms with E-state index in [9.17, 15) is 4.79 Å². The number of thioether (sulfide) groups is 1. The first kappa shape index (κ1) is 17.8. The maximum absolute atomic E-state index is 12.4. The zero-order valence-electron chi connectivity index (χ0n) is 13.9. The van der Waals surface area contributed by atoms with Crippen LogP contribution in [0.15, 0.2) is 53.1 Å². The minimum absolute atomic E-state index is 0.139. The minimum atomic E-state index is -0.421. The molecule has 1 aliphatic rings. The van der Waals surface area contributed by atoms with E-state index in [1.807, 2.05) is 47.4 Å². The average Bonchev–Trinajstić information content (AvgIpc) is 3.29. The van der Waals surface area contributed by atoms with Gasteiger partial charge in [0.05, 0.1) is 12.9 Å². The first-order valence-corrected chi connectivity index (χ1v) is 9.58. The Morgan fingerprint density at radius 3 is 2.84 bits per heavy atom. The molecule has 2 atom stereocenters. The fourth-order valence-electron chi connectivity index (χ4n) is 2.69. The number of nitrogens with one attached hydrogen (secondary N) is 1. The molecule has 0 saturated carbocycles. The molecule has 0 amide bonds. The molecule has 25 heavy (non-hydrogen) atoms. The van der Waals surface area contributed by atoms with E-state index in [2.05, 4.69) is 5.32 Å². The van der Waals surface area contributed by atoms with Gasteiger partial charge in [0.1, 0.15) is 17.2 Å². The van der Waals surface area contributed by atoms with Crippen LogP contribution in [0.4, 0.5) is 0 Å². The molecule has 0 unspecified atom stereocenters. The maximum atomic E-state index is 12.4. The summed E-state index contributed by atoms with van der Waals surface area (Å²) in [5, 5.41) is 3.64. The van der Waals surface area contributed by atoms with Crippen molar-refractivity contribution >= 4 is 35.1 Å². The zero-order valence-corrected chi connectivity index (χ0v) is 15.5. The third kappa shape index (κ3) is 4.16. The molecule has 0 aliphatic carbocycles. The van der Waals surface area contributed by atoms with Crippen LogP contribution in [-0.2, 0) is 16.1 Å². The van der Waals surface area contributed by atoms with Gasteiger partial charge in [-0.15, -0.1) is 11.8 Å². The van der Waals surface area contributed by atoms with E-state index in [-0.39, 0.29) is 11.3 Å². The van der Waals surface area contributed by atoms with E-state index in [1.54, 1.807) is 24.9 Å². The van der Waals surface area contributed by atoms with Gasteiger partial charge in [0.15, 0.2) is 5.11 Å². The topological polar surface area (TPSA) is 54.7 Å². The molecular weight excluding hydrogens is 356 g/mol. The van der Waals surface area contributed by atoms with Crippen LogP contribution in [0, 0.1) is 0 Å². The first-order chi connectivity index (χ1) is 12.2. The number of ether oxygens (including phenoxy) is 1. The predicted octanol–water partition coefficient (Wildman–Crippen LogP) is 3.33. The van der Waals surface area contributed by atoms with Crippen LogP contribution in [-0.4, -0.2) is 34.4 Å². The van der Waals surface area contributed by atoms with E-state index < -0.39 is 6.04 Å². The molecule has 3 rings (SSSR count). The Morgan fingerprint density at radius 2 is 2.16 bits per heavy atom. The number of furan rings is 1. The van der Waals surface area contributed by atoms with Crippen molar-refractivity contribution in [2.45, 2.75) is 24.9 Å². The van der Waals surface area contributed by atoms with Crippen LogP contribution < -0.4 is 5.32 Å². The molecule has 2 aromatic rings. The smallest absolute Gasteiger partial charge is 0.329 e. The second-order valence-corrected chi connectivity index (χ2v) is 7.02. The number of hydrogen-bond donors (Lipinski definition) is 1. The van der Waals surface area contributed by atoms with Gasteiger partial charge in [0.2, 0.25) is 0 Å². The second kappa shape index (κ2) is 8.40. The van der Waals surface area contributed by atoms with Gasteiger partial charge < -0.3 is 19.4 Å². The highest BCUT2D eigenvalue weighted by Crippen LogP contribution is 2.41. The quantitative estimate of drug-likeness (QED) is 0.634. The van der Waals surface area contributed by atoms with Crippen LogP contribution in [0.5, 0.6) is 0 Å². The van der Waals surface area contributed by atoms with E-state index in [0.717, 1.165) is 11.3 Å². The highest BCUT2D eigenvalue weighted by Gasteiger charge is 2.42.